The van der Waals surface area contributed by atoms with Gasteiger partial charge in [0.25, 0.3) is 0 Å². The Labute approximate surface area is 127 Å². The molecule has 21 heavy (non-hydrogen) atoms. The van der Waals surface area contributed by atoms with Crippen molar-refractivity contribution in [1.82, 2.24) is 4.90 Å². The van der Waals surface area contributed by atoms with E-state index in [2.05, 4.69) is 49.1 Å². The van der Waals surface area contributed by atoms with Crippen molar-refractivity contribution in [2.45, 2.75) is 32.7 Å². The van der Waals surface area contributed by atoms with Gasteiger partial charge in [0.1, 0.15) is 5.75 Å². The van der Waals surface area contributed by atoms with E-state index in [-0.39, 0.29) is 6.04 Å². The van der Waals surface area contributed by atoms with Gasteiger partial charge >= 0.3 is 0 Å². The van der Waals surface area contributed by atoms with E-state index in [0.717, 1.165) is 31.5 Å². The third-order valence-electron chi connectivity index (χ3n) is 4.64. The van der Waals surface area contributed by atoms with Crippen molar-refractivity contribution in [2.75, 3.05) is 13.1 Å². The Bertz CT molecular complexity index is 608. The molecule has 1 heterocycles. The lowest BCUT2D eigenvalue weighted by molar-refractivity contribution is 0.217. The van der Waals surface area contributed by atoms with Gasteiger partial charge in [0.2, 0.25) is 0 Å². The summed E-state index contributed by atoms with van der Waals surface area (Å²) in [5.41, 5.74) is 5.19. The lowest BCUT2D eigenvalue weighted by Crippen LogP contribution is -2.29. The van der Waals surface area contributed by atoms with Crippen molar-refractivity contribution in [2.24, 2.45) is 0 Å². The summed E-state index contributed by atoms with van der Waals surface area (Å²) >= 11 is 0. The van der Waals surface area contributed by atoms with Crippen LogP contribution >= 0.6 is 0 Å². The first-order chi connectivity index (χ1) is 10.1. The molecule has 2 nitrogen and oxygen atoms in total. The van der Waals surface area contributed by atoms with Gasteiger partial charge in [-0.2, -0.15) is 0 Å². The lowest BCUT2D eigenvalue weighted by atomic mass is 10.0. The van der Waals surface area contributed by atoms with Crippen LogP contribution in [0.25, 0.3) is 0 Å². The second-order valence-corrected chi connectivity index (χ2v) is 6.04. The molecule has 0 bridgehead atoms. The third kappa shape index (κ3) is 2.96. The first kappa shape index (κ1) is 14.2. The number of aryl methyl sites for hydroxylation is 1. The van der Waals surface area contributed by atoms with Gasteiger partial charge in [0, 0.05) is 24.7 Å². The minimum Gasteiger partial charge on any atom is -0.508 e. The molecule has 0 radical (unpaired) electrons. The molecule has 3 rings (SSSR count). The maximum absolute atomic E-state index is 10.2. The highest BCUT2D eigenvalue weighted by Crippen LogP contribution is 2.30. The summed E-state index contributed by atoms with van der Waals surface area (Å²) in [6, 6.07) is 14.9. The number of hydrogen-bond donors (Lipinski definition) is 1. The molecule has 0 amide bonds. The summed E-state index contributed by atoms with van der Waals surface area (Å²) < 4.78 is 0. The van der Waals surface area contributed by atoms with E-state index in [0.29, 0.717) is 5.75 Å². The van der Waals surface area contributed by atoms with Crippen LogP contribution in [0.2, 0.25) is 0 Å². The van der Waals surface area contributed by atoms with Gasteiger partial charge in [0.15, 0.2) is 0 Å². The maximum Gasteiger partial charge on any atom is 0.120 e. The molecule has 1 aliphatic rings. The fraction of sp³-hybridized carbons (Fsp3) is 0.368. The molecule has 0 fully saturated rings. The van der Waals surface area contributed by atoms with Crippen molar-refractivity contribution in [3.05, 3.63) is 64.7 Å². The number of hydrogen-bond acceptors (Lipinski definition) is 2. The van der Waals surface area contributed by atoms with Crippen LogP contribution in [0.5, 0.6) is 5.75 Å². The van der Waals surface area contributed by atoms with E-state index in [1.807, 2.05) is 12.1 Å². The summed E-state index contributed by atoms with van der Waals surface area (Å²) in [5.74, 6) is 0.412. The van der Waals surface area contributed by atoms with Crippen molar-refractivity contribution >= 4 is 0 Å². The van der Waals surface area contributed by atoms with Crippen molar-refractivity contribution < 1.29 is 5.11 Å². The molecular weight excluding hydrogens is 258 g/mol. The Balaban J connectivity index is 1.80. The van der Waals surface area contributed by atoms with E-state index in [1.165, 1.54) is 16.7 Å². The molecule has 1 unspecified atom stereocenters. The summed E-state index contributed by atoms with van der Waals surface area (Å²) in [6.45, 7) is 6.37. The molecule has 0 spiro atoms. The standard InChI is InChI=1S/C19H23NO/c1-14-7-8-19(21)18(13-14)15(2)20-11-9-16-5-3-4-6-17(16)10-12-20/h3-8,13,15,21H,9-12H2,1-2H3. The quantitative estimate of drug-likeness (QED) is 0.903. The Morgan fingerprint density at radius 2 is 1.62 bits per heavy atom. The highest BCUT2D eigenvalue weighted by molar-refractivity contribution is 5.38. The summed E-state index contributed by atoms with van der Waals surface area (Å²) in [4.78, 5) is 2.48. The van der Waals surface area contributed by atoms with Gasteiger partial charge < -0.3 is 5.11 Å². The smallest absolute Gasteiger partial charge is 0.120 e. The van der Waals surface area contributed by atoms with Crippen LogP contribution in [0.3, 0.4) is 0 Å². The SMILES string of the molecule is Cc1ccc(O)c(C(C)N2CCc3ccccc3CC2)c1. The van der Waals surface area contributed by atoms with Gasteiger partial charge in [-0.1, -0.05) is 42.0 Å². The molecule has 0 aromatic heterocycles. The molecule has 1 aliphatic heterocycles. The normalized spacial score (nSPS) is 17.0. The Hall–Kier alpha value is -1.80. The number of benzene rings is 2. The molecule has 2 heteroatoms. The second kappa shape index (κ2) is 5.90. The van der Waals surface area contributed by atoms with E-state index in [9.17, 15) is 5.11 Å². The van der Waals surface area contributed by atoms with Crippen LogP contribution in [-0.4, -0.2) is 23.1 Å². The Morgan fingerprint density at radius 1 is 1.00 bits per heavy atom. The lowest BCUT2D eigenvalue weighted by Gasteiger charge is -2.28. The largest absolute Gasteiger partial charge is 0.508 e. The first-order valence-electron chi connectivity index (χ1n) is 7.75. The zero-order chi connectivity index (χ0) is 14.8. The topological polar surface area (TPSA) is 23.5 Å². The number of nitrogens with zero attached hydrogens (tertiary/aromatic N) is 1. The zero-order valence-electron chi connectivity index (χ0n) is 12.8. The summed E-state index contributed by atoms with van der Waals surface area (Å²) in [7, 11) is 0. The number of aromatic hydroxyl groups is 1. The molecule has 110 valence electrons. The van der Waals surface area contributed by atoms with Crippen LogP contribution in [0.15, 0.2) is 42.5 Å². The highest BCUT2D eigenvalue weighted by Gasteiger charge is 2.21. The van der Waals surface area contributed by atoms with Crippen LogP contribution in [0.4, 0.5) is 0 Å². The van der Waals surface area contributed by atoms with Gasteiger partial charge in [-0.15, -0.1) is 0 Å². The monoisotopic (exact) mass is 281 g/mol. The molecule has 0 aliphatic carbocycles. The fourth-order valence-electron chi connectivity index (χ4n) is 3.28. The molecule has 1 atom stereocenters. The predicted octanol–water partition coefficient (Wildman–Crippen LogP) is 3.86. The van der Waals surface area contributed by atoms with E-state index >= 15 is 0 Å². The minimum atomic E-state index is 0.249. The van der Waals surface area contributed by atoms with E-state index in [4.69, 9.17) is 0 Å². The highest BCUT2D eigenvalue weighted by atomic mass is 16.3. The number of phenols is 1. The molecule has 0 saturated heterocycles. The van der Waals surface area contributed by atoms with Crippen LogP contribution in [-0.2, 0) is 12.8 Å². The first-order valence-corrected chi connectivity index (χ1v) is 7.75. The molecule has 2 aromatic rings. The number of fused-ring (bicyclic) bond motifs is 1. The second-order valence-electron chi connectivity index (χ2n) is 6.04. The third-order valence-corrected chi connectivity index (χ3v) is 4.64. The van der Waals surface area contributed by atoms with E-state index < -0.39 is 0 Å². The van der Waals surface area contributed by atoms with E-state index in [1.54, 1.807) is 0 Å². The average Bonchev–Trinajstić information content (AvgIpc) is 2.71. The molecular formula is C19H23NO. The van der Waals surface area contributed by atoms with Gasteiger partial charge in [-0.25, -0.2) is 0 Å². The average molecular weight is 281 g/mol. The zero-order valence-corrected chi connectivity index (χ0v) is 12.8. The van der Waals surface area contributed by atoms with Crippen LogP contribution in [0, 0.1) is 6.92 Å². The molecule has 0 saturated carbocycles. The molecule has 2 aromatic carbocycles. The van der Waals surface area contributed by atoms with Gasteiger partial charge in [-0.3, -0.25) is 4.90 Å². The van der Waals surface area contributed by atoms with Crippen LogP contribution in [0.1, 0.15) is 35.2 Å². The Kier molecular flexibility index (Phi) is 3.98. The predicted molar refractivity (Wildman–Crippen MR) is 86.7 cm³/mol. The fourth-order valence-corrected chi connectivity index (χ4v) is 3.28. The van der Waals surface area contributed by atoms with Crippen molar-refractivity contribution in [3.63, 3.8) is 0 Å². The maximum atomic E-state index is 10.2. The van der Waals surface area contributed by atoms with Crippen LogP contribution < -0.4 is 0 Å². The van der Waals surface area contributed by atoms with Crippen molar-refractivity contribution in [1.29, 1.82) is 0 Å². The van der Waals surface area contributed by atoms with Gasteiger partial charge in [0.05, 0.1) is 0 Å². The number of rotatable bonds is 2. The summed E-state index contributed by atoms with van der Waals surface area (Å²) in [6.07, 6.45) is 2.18. The molecule has 1 N–H and O–H groups in total. The summed E-state index contributed by atoms with van der Waals surface area (Å²) in [5, 5.41) is 10.2. The van der Waals surface area contributed by atoms with Crippen molar-refractivity contribution in [3.8, 4) is 5.75 Å². The number of phenolic OH excluding ortho intramolecular Hbond substituents is 1. The minimum absolute atomic E-state index is 0.249. The Morgan fingerprint density at radius 3 is 2.24 bits per heavy atom. The van der Waals surface area contributed by atoms with Gasteiger partial charge in [-0.05, 0) is 43.9 Å².